The van der Waals surface area contributed by atoms with Crippen molar-refractivity contribution in [2.24, 2.45) is 0 Å². The second kappa shape index (κ2) is 9.09. The molecule has 0 spiro atoms. The highest BCUT2D eigenvalue weighted by Crippen LogP contribution is 2.16. The topological polar surface area (TPSA) is 112 Å². The fraction of sp³-hybridized carbons (Fsp3) is 0.312. The van der Waals surface area contributed by atoms with E-state index in [1.165, 1.54) is 0 Å². The maximum Gasteiger partial charge on any atom is 0.361 e. The van der Waals surface area contributed by atoms with Gasteiger partial charge in [-0.2, -0.15) is 0 Å². The van der Waals surface area contributed by atoms with Gasteiger partial charge in [-0.05, 0) is 32.0 Å². The minimum atomic E-state index is -0.811. The quantitative estimate of drug-likeness (QED) is 0.676. The van der Waals surface area contributed by atoms with Gasteiger partial charge in [-0.25, -0.2) is 14.3 Å². The van der Waals surface area contributed by atoms with Gasteiger partial charge in [0.1, 0.15) is 6.54 Å². The molecule has 26 heavy (non-hydrogen) atoms. The van der Waals surface area contributed by atoms with E-state index in [1.807, 2.05) is 6.07 Å². The summed E-state index contributed by atoms with van der Waals surface area (Å²) in [5, 5.41) is 10.0. The van der Waals surface area contributed by atoms with Gasteiger partial charge in [0, 0.05) is 10.2 Å². The van der Waals surface area contributed by atoms with Crippen LogP contribution < -0.4 is 5.32 Å². The minimum absolute atomic E-state index is 0.0938. The van der Waals surface area contributed by atoms with E-state index in [0.29, 0.717) is 5.69 Å². The molecule has 1 N–H and O–H groups in total. The van der Waals surface area contributed by atoms with E-state index in [2.05, 4.69) is 31.6 Å². The molecule has 0 aliphatic carbocycles. The number of amides is 1. The van der Waals surface area contributed by atoms with Gasteiger partial charge in [-0.1, -0.05) is 27.2 Å². The van der Waals surface area contributed by atoms with Crippen LogP contribution in [-0.4, -0.2) is 46.1 Å². The van der Waals surface area contributed by atoms with Crippen LogP contribution in [-0.2, 0) is 20.8 Å². The first-order valence-electron chi connectivity index (χ1n) is 7.79. The summed E-state index contributed by atoms with van der Waals surface area (Å²) in [7, 11) is 0. The highest BCUT2D eigenvalue weighted by atomic mass is 79.9. The number of aromatic nitrogens is 3. The van der Waals surface area contributed by atoms with Gasteiger partial charge in [0.25, 0.3) is 0 Å². The van der Waals surface area contributed by atoms with Crippen molar-refractivity contribution in [1.82, 2.24) is 15.0 Å². The fourth-order valence-electron chi connectivity index (χ4n) is 2.06. The molecule has 0 bridgehead atoms. The summed E-state index contributed by atoms with van der Waals surface area (Å²) < 4.78 is 11.6. The molecule has 0 saturated carbocycles. The lowest BCUT2D eigenvalue weighted by atomic mass is 10.3. The Morgan fingerprint density at radius 3 is 2.50 bits per heavy atom. The van der Waals surface area contributed by atoms with Crippen molar-refractivity contribution in [2.45, 2.75) is 20.4 Å². The normalized spacial score (nSPS) is 10.3. The molecule has 0 radical (unpaired) electrons. The summed E-state index contributed by atoms with van der Waals surface area (Å²) in [6, 6.07) is 7.01. The maximum absolute atomic E-state index is 12.2. The highest BCUT2D eigenvalue weighted by molar-refractivity contribution is 9.10. The van der Waals surface area contributed by atoms with Crippen LogP contribution in [0.2, 0.25) is 0 Å². The Labute approximate surface area is 157 Å². The van der Waals surface area contributed by atoms with Crippen LogP contribution in [0.3, 0.4) is 0 Å². The van der Waals surface area contributed by atoms with Crippen LogP contribution in [0.5, 0.6) is 0 Å². The Bertz CT molecular complexity index is 821. The Morgan fingerprint density at radius 1 is 1.15 bits per heavy atom. The molecule has 0 fully saturated rings. The molecule has 0 unspecified atom stereocenters. The number of carbonyl (C=O) groups excluding carboxylic acids is 3. The summed E-state index contributed by atoms with van der Waals surface area (Å²) in [5.41, 5.74) is 0.0445. The summed E-state index contributed by atoms with van der Waals surface area (Å²) >= 11 is 3.31. The molecule has 9 nitrogen and oxygen atoms in total. The first kappa shape index (κ1) is 19.6. The van der Waals surface area contributed by atoms with Crippen LogP contribution in [0.25, 0.3) is 0 Å². The smallest absolute Gasteiger partial charge is 0.361 e. The molecule has 2 rings (SSSR count). The van der Waals surface area contributed by atoms with Crippen molar-refractivity contribution in [3.05, 3.63) is 40.1 Å². The van der Waals surface area contributed by atoms with Crippen molar-refractivity contribution in [3.8, 4) is 0 Å². The lowest BCUT2D eigenvalue weighted by Crippen LogP contribution is -2.24. The van der Waals surface area contributed by atoms with Gasteiger partial charge in [0.05, 0.1) is 13.2 Å². The zero-order valence-corrected chi connectivity index (χ0v) is 15.8. The van der Waals surface area contributed by atoms with Crippen LogP contribution in [0.15, 0.2) is 28.7 Å². The van der Waals surface area contributed by atoms with Crippen LogP contribution in [0, 0.1) is 0 Å². The molecular weight excluding hydrogens is 408 g/mol. The Balaban J connectivity index is 2.23. The Hall–Kier alpha value is -2.75. The molecule has 0 aliphatic rings. The maximum atomic E-state index is 12.2. The number of nitrogens with zero attached hydrogens (tertiary/aromatic N) is 3. The molecule has 1 aromatic heterocycles. The lowest BCUT2D eigenvalue weighted by molar-refractivity contribution is -0.116. The van der Waals surface area contributed by atoms with Crippen molar-refractivity contribution in [1.29, 1.82) is 0 Å². The zero-order chi connectivity index (χ0) is 19.1. The van der Waals surface area contributed by atoms with E-state index >= 15 is 0 Å². The zero-order valence-electron chi connectivity index (χ0n) is 14.2. The van der Waals surface area contributed by atoms with Gasteiger partial charge in [0.2, 0.25) is 11.6 Å². The summed E-state index contributed by atoms with van der Waals surface area (Å²) in [5.74, 6) is -2.07. The highest BCUT2D eigenvalue weighted by Gasteiger charge is 2.28. The molecule has 0 atom stereocenters. The summed E-state index contributed by atoms with van der Waals surface area (Å²) in [6.45, 7) is 3.12. The first-order chi connectivity index (χ1) is 12.5. The summed E-state index contributed by atoms with van der Waals surface area (Å²) in [4.78, 5) is 36.4. The predicted octanol–water partition coefficient (Wildman–Crippen LogP) is 2.03. The molecular formula is C16H17BrN4O5. The van der Waals surface area contributed by atoms with E-state index in [-0.39, 0.29) is 31.1 Å². The number of carbonyl (C=O) groups is 3. The van der Waals surface area contributed by atoms with E-state index in [1.54, 1.807) is 32.0 Å². The number of anilines is 1. The minimum Gasteiger partial charge on any atom is -0.461 e. The van der Waals surface area contributed by atoms with E-state index in [0.717, 1.165) is 9.15 Å². The number of hydrogen-bond donors (Lipinski definition) is 1. The number of esters is 2. The summed E-state index contributed by atoms with van der Waals surface area (Å²) in [6.07, 6.45) is 0. The largest absolute Gasteiger partial charge is 0.461 e. The fourth-order valence-corrected chi connectivity index (χ4v) is 2.46. The molecule has 2 aromatic rings. The standard InChI is InChI=1S/C16H17BrN4O5/c1-3-25-15(23)13-14(16(24)26-4-2)21(20-19-13)9-12(22)18-11-7-5-6-10(17)8-11/h5-8H,3-4,9H2,1-2H3,(H,18,22). The second-order valence-corrected chi connectivity index (χ2v) is 5.86. The lowest BCUT2D eigenvalue weighted by Gasteiger charge is -2.08. The Morgan fingerprint density at radius 2 is 1.85 bits per heavy atom. The van der Waals surface area contributed by atoms with E-state index in [4.69, 9.17) is 9.47 Å². The van der Waals surface area contributed by atoms with Crippen LogP contribution in [0.1, 0.15) is 34.8 Å². The molecule has 1 amide bonds. The average Bonchev–Trinajstić information content (AvgIpc) is 2.98. The van der Waals surface area contributed by atoms with Crippen LogP contribution >= 0.6 is 15.9 Å². The number of hydrogen-bond acceptors (Lipinski definition) is 7. The third-order valence-electron chi connectivity index (χ3n) is 3.07. The predicted molar refractivity (Wildman–Crippen MR) is 94.7 cm³/mol. The number of ether oxygens (including phenoxy) is 2. The first-order valence-corrected chi connectivity index (χ1v) is 8.58. The van der Waals surface area contributed by atoms with E-state index < -0.39 is 17.8 Å². The van der Waals surface area contributed by atoms with Gasteiger partial charge in [-0.15, -0.1) is 5.10 Å². The molecule has 1 heterocycles. The van der Waals surface area contributed by atoms with Crippen molar-refractivity contribution in [3.63, 3.8) is 0 Å². The third-order valence-corrected chi connectivity index (χ3v) is 3.57. The number of benzene rings is 1. The van der Waals surface area contributed by atoms with Crippen molar-refractivity contribution < 1.29 is 23.9 Å². The molecule has 1 aromatic carbocycles. The molecule has 10 heteroatoms. The number of nitrogens with one attached hydrogen (secondary N) is 1. The molecule has 0 aliphatic heterocycles. The van der Waals surface area contributed by atoms with Crippen LogP contribution in [0.4, 0.5) is 5.69 Å². The van der Waals surface area contributed by atoms with Gasteiger partial charge >= 0.3 is 11.9 Å². The van der Waals surface area contributed by atoms with Gasteiger partial charge < -0.3 is 14.8 Å². The molecule has 0 saturated heterocycles. The van der Waals surface area contributed by atoms with Crippen molar-refractivity contribution in [2.75, 3.05) is 18.5 Å². The monoisotopic (exact) mass is 424 g/mol. The molecule has 138 valence electrons. The number of halogens is 1. The number of rotatable bonds is 7. The second-order valence-electron chi connectivity index (χ2n) is 4.94. The van der Waals surface area contributed by atoms with Gasteiger partial charge in [0.15, 0.2) is 5.69 Å². The Kier molecular flexibility index (Phi) is 6.84. The van der Waals surface area contributed by atoms with Gasteiger partial charge in [-0.3, -0.25) is 4.79 Å². The average molecular weight is 425 g/mol. The van der Waals surface area contributed by atoms with Crippen molar-refractivity contribution >= 4 is 39.5 Å². The van der Waals surface area contributed by atoms with E-state index in [9.17, 15) is 14.4 Å². The third kappa shape index (κ3) is 4.88. The SMILES string of the molecule is CCOC(=O)c1nnn(CC(=O)Nc2cccc(Br)c2)c1C(=O)OCC.